The lowest BCUT2D eigenvalue weighted by atomic mass is 9.85. The smallest absolute Gasteiger partial charge is 0.223 e. The number of nitrogens with two attached hydrogens (primary N) is 1. The summed E-state index contributed by atoms with van der Waals surface area (Å²) in [5.74, 6) is 0.633. The Labute approximate surface area is 146 Å². The van der Waals surface area contributed by atoms with Crippen molar-refractivity contribution in [1.29, 1.82) is 0 Å². The normalized spacial score (nSPS) is 22.3. The minimum absolute atomic E-state index is 0. The third-order valence-corrected chi connectivity index (χ3v) is 4.63. The van der Waals surface area contributed by atoms with E-state index in [0.717, 1.165) is 25.7 Å². The molecule has 1 amide bonds. The Kier molecular flexibility index (Phi) is 7.56. The molecule has 1 aliphatic rings. The summed E-state index contributed by atoms with van der Waals surface area (Å²) in [6.45, 7) is 7.27. The van der Waals surface area contributed by atoms with E-state index in [1.807, 2.05) is 18.2 Å². The van der Waals surface area contributed by atoms with E-state index < -0.39 is 0 Å². The highest BCUT2D eigenvalue weighted by Crippen LogP contribution is 2.33. The predicted octanol–water partition coefficient (Wildman–Crippen LogP) is 4.08. The number of hydrogen-bond acceptors (Lipinski definition) is 2. The summed E-state index contributed by atoms with van der Waals surface area (Å²) in [5.41, 5.74) is 7.18. The lowest BCUT2D eigenvalue weighted by molar-refractivity contribution is -0.126. The van der Waals surface area contributed by atoms with Crippen LogP contribution in [0.3, 0.4) is 0 Å². The van der Waals surface area contributed by atoms with Crippen LogP contribution in [-0.4, -0.2) is 12.5 Å². The van der Waals surface area contributed by atoms with Crippen molar-refractivity contribution in [2.45, 2.75) is 52.5 Å². The molecule has 1 fully saturated rings. The van der Waals surface area contributed by atoms with Gasteiger partial charge in [-0.15, -0.1) is 12.4 Å². The number of carbonyl (C=O) groups excluding carboxylic acids is 1. The van der Waals surface area contributed by atoms with Gasteiger partial charge in [-0.1, -0.05) is 57.5 Å². The molecule has 4 heteroatoms. The Morgan fingerprint density at radius 3 is 2.48 bits per heavy atom. The largest absolute Gasteiger partial charge is 0.349 e. The molecule has 0 aliphatic heterocycles. The summed E-state index contributed by atoms with van der Waals surface area (Å²) in [6, 6.07) is 10.4. The van der Waals surface area contributed by atoms with Crippen LogP contribution in [0.1, 0.15) is 58.1 Å². The van der Waals surface area contributed by atoms with E-state index in [-0.39, 0.29) is 35.7 Å². The Morgan fingerprint density at radius 2 is 1.91 bits per heavy atom. The summed E-state index contributed by atoms with van der Waals surface area (Å²) < 4.78 is 0. The van der Waals surface area contributed by atoms with E-state index in [1.165, 1.54) is 5.56 Å². The van der Waals surface area contributed by atoms with Crippen LogP contribution < -0.4 is 11.1 Å². The van der Waals surface area contributed by atoms with Crippen LogP contribution in [0, 0.1) is 17.3 Å². The molecule has 3 atom stereocenters. The van der Waals surface area contributed by atoms with E-state index >= 15 is 0 Å². The average Bonchev–Trinajstić information content (AvgIpc) is 2.94. The highest BCUT2D eigenvalue weighted by Gasteiger charge is 2.33. The maximum Gasteiger partial charge on any atom is 0.223 e. The van der Waals surface area contributed by atoms with Crippen molar-refractivity contribution in [1.82, 2.24) is 5.32 Å². The van der Waals surface area contributed by atoms with Gasteiger partial charge in [-0.2, -0.15) is 0 Å². The fraction of sp³-hybridized carbons (Fsp3) is 0.632. The van der Waals surface area contributed by atoms with Gasteiger partial charge in [0.1, 0.15) is 0 Å². The molecule has 1 unspecified atom stereocenters. The maximum atomic E-state index is 12.7. The second-order valence-electron chi connectivity index (χ2n) is 7.77. The zero-order valence-corrected chi connectivity index (χ0v) is 15.4. The molecule has 0 saturated heterocycles. The van der Waals surface area contributed by atoms with Crippen molar-refractivity contribution in [2.24, 2.45) is 23.0 Å². The van der Waals surface area contributed by atoms with E-state index in [1.54, 1.807) is 0 Å². The lowest BCUT2D eigenvalue weighted by Crippen LogP contribution is -2.38. The Morgan fingerprint density at radius 1 is 1.26 bits per heavy atom. The van der Waals surface area contributed by atoms with Gasteiger partial charge in [-0.05, 0) is 42.7 Å². The molecule has 0 spiro atoms. The molecule has 130 valence electrons. The van der Waals surface area contributed by atoms with Crippen molar-refractivity contribution in [3.63, 3.8) is 0 Å². The van der Waals surface area contributed by atoms with Crippen molar-refractivity contribution < 1.29 is 4.79 Å². The van der Waals surface area contributed by atoms with Crippen molar-refractivity contribution in [3.8, 4) is 0 Å². The standard InChI is InChI=1S/C19H30N2O.ClH/c1-19(2,3)12-17(14-8-5-4-6-9-14)21-18(22)16-11-7-10-15(16)13-20;/h4-6,8-9,15-17H,7,10-13,20H2,1-3H3,(H,21,22);1H/t15-,16-,17?;/m1./s1. The number of rotatable bonds is 5. The summed E-state index contributed by atoms with van der Waals surface area (Å²) in [7, 11) is 0. The third-order valence-electron chi connectivity index (χ3n) is 4.63. The molecular formula is C19H31ClN2O. The van der Waals surface area contributed by atoms with Crippen LogP contribution in [0.5, 0.6) is 0 Å². The van der Waals surface area contributed by atoms with Crippen LogP contribution in [-0.2, 0) is 4.79 Å². The molecule has 0 aromatic heterocycles. The van der Waals surface area contributed by atoms with Gasteiger partial charge in [0, 0.05) is 5.92 Å². The minimum Gasteiger partial charge on any atom is -0.349 e. The fourth-order valence-corrected chi connectivity index (χ4v) is 3.49. The first-order valence-corrected chi connectivity index (χ1v) is 8.46. The van der Waals surface area contributed by atoms with Gasteiger partial charge in [0.25, 0.3) is 0 Å². The number of benzene rings is 1. The van der Waals surface area contributed by atoms with Gasteiger partial charge in [-0.3, -0.25) is 4.79 Å². The summed E-state index contributed by atoms with van der Waals surface area (Å²) in [6.07, 6.45) is 4.12. The molecule has 3 N–H and O–H groups in total. The number of halogens is 1. The van der Waals surface area contributed by atoms with Crippen molar-refractivity contribution >= 4 is 18.3 Å². The number of hydrogen-bond donors (Lipinski definition) is 2. The third kappa shape index (κ3) is 5.82. The quantitative estimate of drug-likeness (QED) is 0.850. The molecule has 0 bridgehead atoms. The van der Waals surface area contributed by atoms with Crippen molar-refractivity contribution in [2.75, 3.05) is 6.54 Å². The molecule has 0 heterocycles. The number of nitrogens with one attached hydrogen (secondary N) is 1. The van der Waals surface area contributed by atoms with Crippen molar-refractivity contribution in [3.05, 3.63) is 35.9 Å². The van der Waals surface area contributed by atoms with E-state index in [2.05, 4.69) is 38.2 Å². The highest BCUT2D eigenvalue weighted by atomic mass is 35.5. The maximum absolute atomic E-state index is 12.7. The Hall–Kier alpha value is -1.06. The zero-order valence-electron chi connectivity index (χ0n) is 14.5. The van der Waals surface area contributed by atoms with E-state index in [0.29, 0.717) is 12.5 Å². The lowest BCUT2D eigenvalue weighted by Gasteiger charge is -2.29. The van der Waals surface area contributed by atoms with Gasteiger partial charge in [0.05, 0.1) is 6.04 Å². The topological polar surface area (TPSA) is 55.1 Å². The van der Waals surface area contributed by atoms with Gasteiger partial charge in [-0.25, -0.2) is 0 Å². The second kappa shape index (κ2) is 8.70. The molecule has 1 saturated carbocycles. The zero-order chi connectivity index (χ0) is 16.2. The summed E-state index contributed by atoms with van der Waals surface area (Å²) in [5, 5.41) is 3.30. The highest BCUT2D eigenvalue weighted by molar-refractivity contribution is 5.85. The average molecular weight is 339 g/mol. The molecule has 3 nitrogen and oxygen atoms in total. The second-order valence-corrected chi connectivity index (χ2v) is 7.77. The van der Waals surface area contributed by atoms with Crippen LogP contribution in [0.2, 0.25) is 0 Å². The molecule has 1 aromatic rings. The first kappa shape index (κ1) is 20.0. The molecule has 2 rings (SSSR count). The number of carbonyl (C=O) groups is 1. The predicted molar refractivity (Wildman–Crippen MR) is 98.5 cm³/mol. The SMILES string of the molecule is CC(C)(C)CC(NC(=O)[C@@H]1CCC[C@@H]1CN)c1ccccc1.Cl. The molecule has 23 heavy (non-hydrogen) atoms. The van der Waals surface area contributed by atoms with E-state index in [4.69, 9.17) is 5.73 Å². The van der Waals surface area contributed by atoms with Gasteiger partial charge >= 0.3 is 0 Å². The van der Waals surface area contributed by atoms with Crippen LogP contribution in [0.15, 0.2) is 30.3 Å². The molecular weight excluding hydrogens is 308 g/mol. The Balaban J connectivity index is 0.00000264. The summed E-state index contributed by atoms with van der Waals surface area (Å²) >= 11 is 0. The molecule has 0 radical (unpaired) electrons. The van der Waals surface area contributed by atoms with Gasteiger partial charge in [0.2, 0.25) is 5.91 Å². The van der Waals surface area contributed by atoms with Gasteiger partial charge < -0.3 is 11.1 Å². The number of amides is 1. The Bertz CT molecular complexity index is 484. The summed E-state index contributed by atoms with van der Waals surface area (Å²) in [4.78, 5) is 12.7. The van der Waals surface area contributed by atoms with Crippen LogP contribution in [0.4, 0.5) is 0 Å². The molecule has 1 aromatic carbocycles. The van der Waals surface area contributed by atoms with Gasteiger partial charge in [0.15, 0.2) is 0 Å². The minimum atomic E-state index is 0. The fourth-order valence-electron chi connectivity index (χ4n) is 3.49. The van der Waals surface area contributed by atoms with Crippen LogP contribution in [0.25, 0.3) is 0 Å². The van der Waals surface area contributed by atoms with E-state index in [9.17, 15) is 4.79 Å². The van der Waals surface area contributed by atoms with Crippen LogP contribution >= 0.6 is 12.4 Å². The molecule has 1 aliphatic carbocycles. The monoisotopic (exact) mass is 338 g/mol. The first-order valence-electron chi connectivity index (χ1n) is 8.46. The first-order chi connectivity index (χ1) is 10.4.